The maximum atomic E-state index is 5.23. The van der Waals surface area contributed by atoms with Gasteiger partial charge >= 0.3 is 0 Å². The van der Waals surface area contributed by atoms with E-state index in [1.165, 1.54) is 6.42 Å². The molecule has 0 aromatic carbocycles. The van der Waals surface area contributed by atoms with Gasteiger partial charge in [0.25, 0.3) is 0 Å². The molecule has 16 heavy (non-hydrogen) atoms. The van der Waals surface area contributed by atoms with E-state index in [1.807, 2.05) is 0 Å². The molecular formula is C11H22N4S. The number of hydrogen-bond acceptors (Lipinski definition) is 3. The Morgan fingerprint density at radius 1 is 1.44 bits per heavy atom. The first kappa shape index (κ1) is 13.2. The molecule has 0 spiro atoms. The van der Waals surface area contributed by atoms with Gasteiger partial charge < -0.3 is 4.90 Å². The fourth-order valence-corrected chi connectivity index (χ4v) is 2.05. The minimum Gasteiger partial charge on any atom is -0.344 e. The van der Waals surface area contributed by atoms with Crippen LogP contribution in [-0.4, -0.2) is 28.4 Å². The molecule has 0 radical (unpaired) electrons. The van der Waals surface area contributed by atoms with Crippen molar-refractivity contribution in [2.75, 3.05) is 18.5 Å². The van der Waals surface area contributed by atoms with Gasteiger partial charge in [0.1, 0.15) is 0 Å². The molecule has 1 rings (SSSR count). The molecule has 1 heterocycles. The van der Waals surface area contributed by atoms with Crippen LogP contribution in [0.2, 0.25) is 0 Å². The van der Waals surface area contributed by atoms with Crippen molar-refractivity contribution in [1.82, 2.24) is 14.8 Å². The van der Waals surface area contributed by atoms with Crippen LogP contribution in [0.25, 0.3) is 0 Å². The van der Waals surface area contributed by atoms with Crippen LogP contribution in [0, 0.1) is 10.7 Å². The smallest absolute Gasteiger partial charge is 0.225 e. The molecule has 0 fully saturated rings. The predicted molar refractivity (Wildman–Crippen MR) is 70.5 cm³/mol. The molecule has 0 aliphatic rings. The predicted octanol–water partition coefficient (Wildman–Crippen LogP) is 3.00. The molecule has 0 saturated heterocycles. The first-order chi connectivity index (χ1) is 7.47. The molecule has 0 amide bonds. The molecule has 1 unspecified atom stereocenters. The molecule has 0 bridgehead atoms. The summed E-state index contributed by atoms with van der Waals surface area (Å²) in [5.41, 5.74) is 0. The number of rotatable bonds is 5. The number of H-pyrrole nitrogens is 1. The summed E-state index contributed by atoms with van der Waals surface area (Å²) in [7, 11) is 2.07. The summed E-state index contributed by atoms with van der Waals surface area (Å²) in [6, 6.07) is 0.334. The largest absolute Gasteiger partial charge is 0.344 e. The summed E-state index contributed by atoms with van der Waals surface area (Å²) < 4.78 is 2.75. The average molecular weight is 242 g/mol. The molecule has 0 aliphatic carbocycles. The van der Waals surface area contributed by atoms with Gasteiger partial charge in [-0.05, 0) is 32.0 Å². The Hall–Kier alpha value is -0.840. The van der Waals surface area contributed by atoms with Crippen molar-refractivity contribution < 1.29 is 0 Å². The van der Waals surface area contributed by atoms with Crippen LogP contribution in [0.1, 0.15) is 40.2 Å². The second-order valence-corrected chi connectivity index (χ2v) is 5.07. The molecule has 92 valence electrons. The molecule has 1 aromatic heterocycles. The number of anilines is 1. The van der Waals surface area contributed by atoms with E-state index in [0.717, 1.165) is 12.5 Å². The van der Waals surface area contributed by atoms with Gasteiger partial charge in [0.05, 0.1) is 0 Å². The monoisotopic (exact) mass is 242 g/mol. The van der Waals surface area contributed by atoms with Crippen LogP contribution in [0.5, 0.6) is 0 Å². The number of hydrogen-bond donors (Lipinski definition) is 1. The quantitative estimate of drug-likeness (QED) is 0.806. The average Bonchev–Trinajstić information content (AvgIpc) is 2.59. The van der Waals surface area contributed by atoms with Gasteiger partial charge in [-0.15, -0.1) is 5.10 Å². The lowest BCUT2D eigenvalue weighted by Gasteiger charge is -2.23. The third-order valence-corrected chi connectivity index (χ3v) is 3.11. The highest BCUT2D eigenvalue weighted by atomic mass is 32.1. The number of aromatic nitrogens is 3. The number of nitrogens with one attached hydrogen (secondary N) is 1. The van der Waals surface area contributed by atoms with Crippen molar-refractivity contribution in [2.45, 2.75) is 40.2 Å². The Morgan fingerprint density at radius 3 is 2.56 bits per heavy atom. The van der Waals surface area contributed by atoms with E-state index in [4.69, 9.17) is 12.2 Å². The summed E-state index contributed by atoms with van der Waals surface area (Å²) in [5.74, 6) is 1.59. The SMILES string of the molecule is CCC(C)CN(C)c1n[nH]c(=S)n1C(C)C. The zero-order valence-electron chi connectivity index (χ0n) is 10.8. The van der Waals surface area contributed by atoms with Crippen LogP contribution < -0.4 is 4.90 Å². The Kier molecular flexibility index (Phi) is 4.53. The van der Waals surface area contributed by atoms with Gasteiger partial charge in [-0.25, -0.2) is 5.10 Å². The minimum absolute atomic E-state index is 0.334. The fourth-order valence-electron chi connectivity index (χ4n) is 1.71. The van der Waals surface area contributed by atoms with E-state index in [-0.39, 0.29) is 0 Å². The van der Waals surface area contributed by atoms with Crippen LogP contribution >= 0.6 is 12.2 Å². The van der Waals surface area contributed by atoms with Crippen molar-refractivity contribution in [3.05, 3.63) is 4.77 Å². The molecule has 1 N–H and O–H groups in total. The normalized spacial score (nSPS) is 13.1. The van der Waals surface area contributed by atoms with Gasteiger partial charge in [0, 0.05) is 19.6 Å². The lowest BCUT2D eigenvalue weighted by atomic mass is 10.1. The first-order valence-electron chi connectivity index (χ1n) is 5.85. The minimum atomic E-state index is 0.334. The van der Waals surface area contributed by atoms with E-state index < -0.39 is 0 Å². The molecule has 4 nitrogen and oxygen atoms in total. The van der Waals surface area contributed by atoms with Gasteiger partial charge in [-0.1, -0.05) is 20.3 Å². The molecule has 0 aliphatic heterocycles. The second-order valence-electron chi connectivity index (χ2n) is 4.69. The molecule has 0 saturated carbocycles. The highest BCUT2D eigenvalue weighted by Gasteiger charge is 2.14. The lowest BCUT2D eigenvalue weighted by molar-refractivity contribution is 0.533. The topological polar surface area (TPSA) is 36.9 Å². The van der Waals surface area contributed by atoms with Crippen molar-refractivity contribution >= 4 is 18.2 Å². The summed E-state index contributed by atoms with van der Waals surface area (Å²) >= 11 is 5.23. The Morgan fingerprint density at radius 2 is 2.06 bits per heavy atom. The Bertz CT molecular complexity index is 380. The standard InChI is InChI=1S/C11H22N4S/c1-6-9(4)7-14(5)10-12-13-11(16)15(10)8(2)3/h8-9H,6-7H2,1-5H3,(H,13,16). The first-order valence-corrected chi connectivity index (χ1v) is 6.26. The maximum absolute atomic E-state index is 5.23. The Balaban J connectivity index is 2.91. The summed E-state index contributed by atoms with van der Waals surface area (Å²) in [4.78, 5) is 2.17. The van der Waals surface area contributed by atoms with Crippen LogP contribution in [0.15, 0.2) is 0 Å². The van der Waals surface area contributed by atoms with Crippen molar-refractivity contribution in [3.8, 4) is 0 Å². The third kappa shape index (κ3) is 2.84. The zero-order valence-corrected chi connectivity index (χ0v) is 11.6. The molecule has 1 aromatic rings. The van der Waals surface area contributed by atoms with E-state index in [2.05, 4.69) is 54.4 Å². The number of aromatic amines is 1. The van der Waals surface area contributed by atoms with Crippen molar-refractivity contribution in [2.24, 2.45) is 5.92 Å². The van der Waals surface area contributed by atoms with Gasteiger partial charge in [-0.2, -0.15) is 0 Å². The fraction of sp³-hybridized carbons (Fsp3) is 0.818. The highest BCUT2D eigenvalue weighted by Crippen LogP contribution is 2.17. The van der Waals surface area contributed by atoms with Crippen LogP contribution in [-0.2, 0) is 0 Å². The zero-order chi connectivity index (χ0) is 12.3. The van der Waals surface area contributed by atoms with Crippen LogP contribution in [0.4, 0.5) is 5.95 Å². The summed E-state index contributed by atoms with van der Waals surface area (Å²) in [6.07, 6.45) is 1.18. The van der Waals surface area contributed by atoms with E-state index in [1.54, 1.807) is 0 Å². The van der Waals surface area contributed by atoms with Crippen molar-refractivity contribution in [1.29, 1.82) is 0 Å². The molecule has 1 atom stereocenters. The van der Waals surface area contributed by atoms with Gasteiger partial charge in [0.2, 0.25) is 5.95 Å². The Labute approximate surface area is 103 Å². The van der Waals surface area contributed by atoms with E-state index in [0.29, 0.717) is 16.7 Å². The van der Waals surface area contributed by atoms with E-state index in [9.17, 15) is 0 Å². The van der Waals surface area contributed by atoms with Gasteiger partial charge in [-0.3, -0.25) is 4.57 Å². The summed E-state index contributed by atoms with van der Waals surface area (Å²) in [6.45, 7) is 9.69. The molecular weight excluding hydrogens is 220 g/mol. The maximum Gasteiger partial charge on any atom is 0.225 e. The lowest BCUT2D eigenvalue weighted by Crippen LogP contribution is -2.27. The van der Waals surface area contributed by atoms with E-state index >= 15 is 0 Å². The van der Waals surface area contributed by atoms with Gasteiger partial charge in [0.15, 0.2) is 4.77 Å². The number of nitrogens with zero attached hydrogens (tertiary/aromatic N) is 3. The molecule has 5 heteroatoms. The summed E-state index contributed by atoms with van der Waals surface area (Å²) in [5, 5.41) is 7.16. The third-order valence-electron chi connectivity index (χ3n) is 2.83. The highest BCUT2D eigenvalue weighted by molar-refractivity contribution is 7.71. The van der Waals surface area contributed by atoms with Crippen molar-refractivity contribution in [3.63, 3.8) is 0 Å². The van der Waals surface area contributed by atoms with Crippen LogP contribution in [0.3, 0.4) is 0 Å². The second kappa shape index (κ2) is 5.48.